The fourth-order valence-electron chi connectivity index (χ4n) is 7.15. The third kappa shape index (κ3) is 4.84. The highest BCUT2D eigenvalue weighted by atomic mass is 32.1. The molecule has 4 N–H and O–H groups in total. The Morgan fingerprint density at radius 1 is 1.16 bits per heavy atom. The maximum atomic E-state index is 13.3. The number of carbonyl (C=O) groups excluding carboxylic acids is 2. The molecule has 0 saturated heterocycles. The Hall–Kier alpha value is -2.49. The van der Waals surface area contributed by atoms with Gasteiger partial charge in [0.15, 0.2) is 5.13 Å². The molecule has 206 valence electrons. The molecule has 3 aliphatic rings. The molecule has 5 rings (SSSR count). The summed E-state index contributed by atoms with van der Waals surface area (Å²) < 4.78 is 5.19. The second kappa shape index (κ2) is 10.6. The van der Waals surface area contributed by atoms with Gasteiger partial charge in [-0.05, 0) is 67.7 Å². The number of amides is 2. The van der Waals surface area contributed by atoms with Gasteiger partial charge in [0.2, 0.25) is 5.91 Å². The van der Waals surface area contributed by atoms with Gasteiger partial charge in [-0.3, -0.25) is 14.9 Å². The van der Waals surface area contributed by atoms with E-state index >= 15 is 0 Å². The number of nitrogens with zero attached hydrogens (tertiary/aromatic N) is 1. The minimum Gasteiger partial charge on any atom is -0.497 e. The van der Waals surface area contributed by atoms with Crippen LogP contribution in [0.5, 0.6) is 5.75 Å². The van der Waals surface area contributed by atoms with Crippen molar-refractivity contribution in [2.45, 2.75) is 83.3 Å². The van der Waals surface area contributed by atoms with Crippen molar-refractivity contribution < 1.29 is 24.5 Å². The molecule has 38 heavy (non-hydrogen) atoms. The Balaban J connectivity index is 1.45. The highest BCUT2D eigenvalue weighted by Gasteiger charge is 2.59. The number of carbonyl (C=O) groups is 2. The Morgan fingerprint density at radius 3 is 2.53 bits per heavy atom. The number of thiazole rings is 1. The van der Waals surface area contributed by atoms with Crippen molar-refractivity contribution in [2.24, 2.45) is 16.7 Å². The summed E-state index contributed by atoms with van der Waals surface area (Å²) in [6.45, 7) is 4.04. The summed E-state index contributed by atoms with van der Waals surface area (Å²) in [5, 5.41) is 28.1. The molecule has 3 aliphatic carbocycles. The van der Waals surface area contributed by atoms with Crippen molar-refractivity contribution in [3.8, 4) is 5.75 Å². The molecule has 2 amide bonds. The maximum Gasteiger partial charge on any atom is 0.257 e. The molecule has 1 heterocycles. The first-order valence-corrected chi connectivity index (χ1v) is 14.5. The monoisotopic (exact) mass is 541 g/mol. The van der Waals surface area contributed by atoms with Crippen molar-refractivity contribution in [3.05, 3.63) is 40.4 Å². The van der Waals surface area contributed by atoms with E-state index in [2.05, 4.69) is 17.6 Å². The number of methoxy groups -OCH3 is 1. The molecular formula is C29H39N3O5S. The van der Waals surface area contributed by atoms with E-state index in [4.69, 9.17) is 9.72 Å². The van der Waals surface area contributed by atoms with Gasteiger partial charge in [-0.15, -0.1) is 11.3 Å². The summed E-state index contributed by atoms with van der Waals surface area (Å²) in [6, 6.07) is 7.14. The van der Waals surface area contributed by atoms with Crippen LogP contribution in [0.4, 0.5) is 5.13 Å². The van der Waals surface area contributed by atoms with E-state index in [0.29, 0.717) is 35.7 Å². The summed E-state index contributed by atoms with van der Waals surface area (Å²) in [6.07, 6.45) is 6.01. The minimum absolute atomic E-state index is 0.0221. The SMILES string of the molecule is COc1ccc(C(=O)Nc2nc3c(s2)CC2C(C)(CO)C(O)CCC2(C)C3CC(=O)NC2CCCC2)cc1. The molecule has 2 fully saturated rings. The third-order valence-corrected chi connectivity index (χ3v) is 10.6. The number of aliphatic hydroxyl groups excluding tert-OH is 2. The molecule has 1 aromatic heterocycles. The smallest absolute Gasteiger partial charge is 0.257 e. The van der Waals surface area contributed by atoms with Crippen molar-refractivity contribution in [1.29, 1.82) is 0 Å². The Labute approximate surface area is 228 Å². The number of aromatic nitrogens is 1. The minimum atomic E-state index is -0.679. The largest absolute Gasteiger partial charge is 0.497 e. The number of nitrogens with one attached hydrogen (secondary N) is 2. The van der Waals surface area contributed by atoms with Crippen molar-refractivity contribution in [3.63, 3.8) is 0 Å². The first-order chi connectivity index (χ1) is 18.2. The Morgan fingerprint density at radius 2 is 1.87 bits per heavy atom. The van der Waals surface area contributed by atoms with E-state index in [0.717, 1.165) is 42.7 Å². The van der Waals surface area contributed by atoms with Gasteiger partial charge in [-0.2, -0.15) is 0 Å². The number of anilines is 1. The van der Waals surface area contributed by atoms with Crippen LogP contribution in [-0.4, -0.2) is 52.9 Å². The second-order valence-electron chi connectivity index (χ2n) is 11.8. The summed E-state index contributed by atoms with van der Waals surface area (Å²) in [5.74, 6) is 0.261. The molecule has 0 spiro atoms. The van der Waals surface area contributed by atoms with Gasteiger partial charge in [0.1, 0.15) is 5.75 Å². The van der Waals surface area contributed by atoms with Gasteiger partial charge in [0, 0.05) is 34.2 Å². The van der Waals surface area contributed by atoms with Crippen LogP contribution in [0.25, 0.3) is 0 Å². The lowest BCUT2D eigenvalue weighted by atomic mass is 9.47. The van der Waals surface area contributed by atoms with E-state index < -0.39 is 11.5 Å². The molecule has 5 unspecified atom stereocenters. The van der Waals surface area contributed by atoms with E-state index in [9.17, 15) is 19.8 Å². The summed E-state index contributed by atoms with van der Waals surface area (Å²) in [7, 11) is 1.58. The third-order valence-electron chi connectivity index (χ3n) is 9.58. The maximum absolute atomic E-state index is 13.3. The highest BCUT2D eigenvalue weighted by Crippen LogP contribution is 2.62. The van der Waals surface area contributed by atoms with Gasteiger partial charge in [-0.1, -0.05) is 26.7 Å². The highest BCUT2D eigenvalue weighted by molar-refractivity contribution is 7.15. The molecule has 9 heteroatoms. The fourth-order valence-corrected chi connectivity index (χ4v) is 8.22. The predicted molar refractivity (Wildman–Crippen MR) is 147 cm³/mol. The van der Waals surface area contributed by atoms with Crippen LogP contribution in [-0.2, 0) is 11.2 Å². The molecule has 2 aromatic rings. The lowest BCUT2D eigenvalue weighted by Crippen LogP contribution is -2.57. The number of hydrogen-bond donors (Lipinski definition) is 4. The zero-order chi connectivity index (χ0) is 27.1. The van der Waals surface area contributed by atoms with Crippen LogP contribution in [0.3, 0.4) is 0 Å². The van der Waals surface area contributed by atoms with E-state index in [1.165, 1.54) is 11.3 Å². The number of hydrogen-bond acceptors (Lipinski definition) is 7. The molecular weight excluding hydrogens is 502 g/mol. The number of benzene rings is 1. The quantitative estimate of drug-likeness (QED) is 0.416. The molecule has 0 aliphatic heterocycles. The molecule has 5 atom stereocenters. The molecule has 1 aromatic carbocycles. The van der Waals surface area contributed by atoms with Crippen LogP contribution in [0.1, 0.15) is 85.6 Å². The number of fused-ring (bicyclic) bond motifs is 2. The standard InChI is InChI=1S/C29H39N3O5S/c1-28-13-12-23(34)29(2,16-33)22(28)15-21-25(20(28)14-24(35)30-18-6-4-5-7-18)31-27(38-21)32-26(36)17-8-10-19(37-3)11-9-17/h8-11,18,20,22-23,33-34H,4-7,12-16H2,1-3H3,(H,30,35)(H,31,32,36). The zero-order valence-electron chi connectivity index (χ0n) is 22.5. The van der Waals surface area contributed by atoms with E-state index in [1.807, 2.05) is 6.92 Å². The summed E-state index contributed by atoms with van der Waals surface area (Å²) in [5.41, 5.74) is 0.378. The van der Waals surface area contributed by atoms with E-state index in [1.54, 1.807) is 31.4 Å². The van der Waals surface area contributed by atoms with Crippen LogP contribution >= 0.6 is 11.3 Å². The van der Waals surface area contributed by atoms with Crippen molar-refractivity contribution in [1.82, 2.24) is 10.3 Å². The topological polar surface area (TPSA) is 121 Å². The molecule has 2 saturated carbocycles. The lowest BCUT2D eigenvalue weighted by Gasteiger charge is -2.58. The van der Waals surface area contributed by atoms with Gasteiger partial charge < -0.3 is 20.3 Å². The Bertz CT molecular complexity index is 1180. The van der Waals surface area contributed by atoms with Crippen LogP contribution in [0, 0.1) is 16.7 Å². The molecule has 8 nitrogen and oxygen atoms in total. The first kappa shape index (κ1) is 27.1. The molecule has 0 bridgehead atoms. The fraction of sp³-hybridized carbons (Fsp3) is 0.621. The normalized spacial score (nSPS) is 30.8. The van der Waals surface area contributed by atoms with Gasteiger partial charge in [0.05, 0.1) is 25.5 Å². The van der Waals surface area contributed by atoms with Crippen LogP contribution < -0.4 is 15.4 Å². The predicted octanol–water partition coefficient (Wildman–Crippen LogP) is 4.27. The van der Waals surface area contributed by atoms with Crippen LogP contribution in [0.15, 0.2) is 24.3 Å². The number of rotatable bonds is 7. The van der Waals surface area contributed by atoms with Gasteiger partial charge >= 0.3 is 0 Å². The van der Waals surface area contributed by atoms with Crippen LogP contribution in [0.2, 0.25) is 0 Å². The molecule has 0 radical (unpaired) electrons. The van der Waals surface area contributed by atoms with Crippen molar-refractivity contribution in [2.75, 3.05) is 19.0 Å². The van der Waals surface area contributed by atoms with E-state index in [-0.39, 0.29) is 41.7 Å². The number of ether oxygens (including phenoxy) is 1. The number of aliphatic hydroxyl groups is 2. The van der Waals surface area contributed by atoms with Gasteiger partial charge in [-0.25, -0.2) is 4.98 Å². The average molecular weight is 542 g/mol. The summed E-state index contributed by atoms with van der Waals surface area (Å²) in [4.78, 5) is 32.2. The summed E-state index contributed by atoms with van der Waals surface area (Å²) >= 11 is 1.43. The average Bonchev–Trinajstić information content (AvgIpc) is 3.57. The van der Waals surface area contributed by atoms with Gasteiger partial charge in [0.25, 0.3) is 5.91 Å². The van der Waals surface area contributed by atoms with Crippen molar-refractivity contribution >= 4 is 28.3 Å². The second-order valence-corrected chi connectivity index (χ2v) is 12.9. The lowest BCUT2D eigenvalue weighted by molar-refractivity contribution is -0.144. The first-order valence-electron chi connectivity index (χ1n) is 13.7. The zero-order valence-corrected chi connectivity index (χ0v) is 23.3. The Kier molecular flexibility index (Phi) is 7.55.